The summed E-state index contributed by atoms with van der Waals surface area (Å²) < 4.78 is 43.4. The van der Waals surface area contributed by atoms with Gasteiger partial charge >= 0.3 is 0 Å². The number of hydrogen-bond donors (Lipinski definition) is 0. The summed E-state index contributed by atoms with van der Waals surface area (Å²) in [5.74, 6) is -0.198. The number of carbonyl (C=O) groups excluding carboxylic acids is 1. The van der Waals surface area contributed by atoms with Crippen LogP contribution in [-0.4, -0.2) is 36.3 Å². The lowest BCUT2D eigenvalue weighted by Gasteiger charge is -2.34. The summed E-state index contributed by atoms with van der Waals surface area (Å²) in [4.78, 5) is 17.4. The molecule has 6 nitrogen and oxygen atoms in total. The maximum atomic E-state index is 13.5. The number of carbonyl (C=O) groups is 1. The summed E-state index contributed by atoms with van der Waals surface area (Å²) in [5.41, 5.74) is 1.08. The average molecular weight is 462 g/mol. The second-order valence-corrected chi connectivity index (χ2v) is 11.2. The Balaban J connectivity index is 1.60. The molecule has 0 bridgehead atoms. The first-order chi connectivity index (χ1) is 14.6. The van der Waals surface area contributed by atoms with Crippen LogP contribution in [0, 0.1) is 17.7 Å². The summed E-state index contributed by atoms with van der Waals surface area (Å²) >= 11 is 1.22. The minimum absolute atomic E-state index is 0.174. The third kappa shape index (κ3) is 4.35. The fourth-order valence-electron chi connectivity index (χ4n) is 4.09. The zero-order chi connectivity index (χ0) is 22.3. The summed E-state index contributed by atoms with van der Waals surface area (Å²) in [6.07, 6.45) is 1.02. The van der Waals surface area contributed by atoms with Gasteiger partial charge in [-0.3, -0.25) is 4.79 Å². The number of sulfonamides is 1. The molecule has 0 aliphatic carbocycles. The van der Waals surface area contributed by atoms with Gasteiger partial charge in [0, 0.05) is 25.7 Å². The summed E-state index contributed by atoms with van der Waals surface area (Å²) in [6, 6.07) is 10.3. The van der Waals surface area contributed by atoms with E-state index in [1.165, 1.54) is 52.0 Å². The Morgan fingerprint density at radius 2 is 1.74 bits per heavy atom. The van der Waals surface area contributed by atoms with Crippen LogP contribution in [0.2, 0.25) is 0 Å². The van der Waals surface area contributed by atoms with Crippen LogP contribution in [0.25, 0.3) is 10.2 Å². The molecule has 0 N–H and O–H groups in total. The molecule has 9 heteroatoms. The van der Waals surface area contributed by atoms with Crippen molar-refractivity contribution in [3.8, 4) is 0 Å². The van der Waals surface area contributed by atoms with Gasteiger partial charge in [0.05, 0.1) is 15.1 Å². The number of rotatable bonds is 3. The molecule has 4 rings (SSSR count). The predicted molar refractivity (Wildman–Crippen MR) is 119 cm³/mol. The topological polar surface area (TPSA) is 71.7 Å². The van der Waals surface area contributed by atoms with Crippen LogP contribution in [0.3, 0.4) is 0 Å². The second-order valence-electron chi connectivity index (χ2n) is 8.27. The Kier molecular flexibility index (Phi) is 5.85. The third-order valence-corrected chi connectivity index (χ3v) is 8.48. The number of fused-ring (bicyclic) bond motifs is 1. The highest BCUT2D eigenvalue weighted by Gasteiger charge is 2.31. The largest absolute Gasteiger partial charge is 0.319 e. The first-order valence-electron chi connectivity index (χ1n) is 10.1. The Bertz CT molecular complexity index is 1300. The molecule has 0 saturated carbocycles. The van der Waals surface area contributed by atoms with Crippen LogP contribution < -0.4 is 4.80 Å². The molecule has 0 unspecified atom stereocenters. The molecule has 2 atom stereocenters. The highest BCUT2D eigenvalue weighted by Crippen LogP contribution is 2.27. The molecule has 31 heavy (non-hydrogen) atoms. The van der Waals surface area contributed by atoms with Gasteiger partial charge < -0.3 is 4.57 Å². The van der Waals surface area contributed by atoms with Crippen LogP contribution in [0.1, 0.15) is 30.6 Å². The van der Waals surface area contributed by atoms with Crippen molar-refractivity contribution in [2.45, 2.75) is 25.2 Å². The number of aryl methyl sites for hydroxylation is 1. The second kappa shape index (κ2) is 8.29. The minimum Gasteiger partial charge on any atom is -0.319 e. The molecule has 2 aromatic carbocycles. The third-order valence-electron chi connectivity index (χ3n) is 5.54. The summed E-state index contributed by atoms with van der Waals surface area (Å²) in [5, 5.41) is 0. The molecule has 1 aromatic heterocycles. The number of hydrogen-bond acceptors (Lipinski definition) is 4. The van der Waals surface area contributed by atoms with Crippen molar-refractivity contribution in [1.29, 1.82) is 0 Å². The van der Waals surface area contributed by atoms with Gasteiger partial charge in [-0.1, -0.05) is 25.2 Å². The molecular formula is C22H24FN3O3S2. The number of aromatic nitrogens is 1. The first kappa shape index (κ1) is 21.9. The molecule has 1 fully saturated rings. The fourth-order valence-corrected chi connectivity index (χ4v) is 6.81. The van der Waals surface area contributed by atoms with Crippen LogP contribution in [0.5, 0.6) is 0 Å². The molecular weight excluding hydrogens is 437 g/mol. The highest BCUT2D eigenvalue weighted by atomic mass is 32.2. The van der Waals surface area contributed by atoms with E-state index in [0.717, 1.165) is 11.9 Å². The van der Waals surface area contributed by atoms with Crippen molar-refractivity contribution in [2.24, 2.45) is 23.9 Å². The van der Waals surface area contributed by atoms with E-state index in [4.69, 9.17) is 0 Å². The van der Waals surface area contributed by atoms with Crippen LogP contribution in [0.4, 0.5) is 4.39 Å². The summed E-state index contributed by atoms with van der Waals surface area (Å²) in [6.45, 7) is 5.13. The van der Waals surface area contributed by atoms with E-state index < -0.39 is 15.9 Å². The lowest BCUT2D eigenvalue weighted by atomic mass is 9.94. The Labute approximate surface area is 184 Å². The number of benzene rings is 2. The smallest absolute Gasteiger partial charge is 0.279 e. The van der Waals surface area contributed by atoms with Gasteiger partial charge in [-0.05, 0) is 60.7 Å². The van der Waals surface area contributed by atoms with Crippen molar-refractivity contribution >= 4 is 37.5 Å². The molecule has 3 aromatic rings. The Morgan fingerprint density at radius 1 is 1.10 bits per heavy atom. The van der Waals surface area contributed by atoms with Gasteiger partial charge in [0.25, 0.3) is 5.91 Å². The standard InChI is InChI=1S/C22H24FN3O3S2/c1-14-10-15(2)13-26(12-14)31(28,29)18-7-4-16(5-8-18)21(27)24-22-25(3)19-9-6-17(23)11-20(19)30-22/h4-9,11,14-15H,10,12-13H2,1-3H3/t14-,15-/m0/s1. The van der Waals surface area contributed by atoms with Crippen molar-refractivity contribution in [2.75, 3.05) is 13.1 Å². The van der Waals surface area contributed by atoms with Crippen molar-refractivity contribution in [3.63, 3.8) is 0 Å². The molecule has 1 saturated heterocycles. The van der Waals surface area contributed by atoms with Crippen molar-refractivity contribution < 1.29 is 17.6 Å². The molecule has 0 radical (unpaired) electrons. The molecule has 1 aliphatic rings. The first-order valence-corrected chi connectivity index (χ1v) is 12.3. The van der Waals surface area contributed by atoms with Crippen LogP contribution >= 0.6 is 11.3 Å². The molecule has 0 spiro atoms. The number of nitrogens with zero attached hydrogens (tertiary/aromatic N) is 3. The summed E-state index contributed by atoms with van der Waals surface area (Å²) in [7, 11) is -1.84. The number of thiazole rings is 1. The van der Waals surface area contributed by atoms with Crippen LogP contribution in [0.15, 0.2) is 52.4 Å². The van der Waals surface area contributed by atoms with Gasteiger partial charge in [-0.15, -0.1) is 0 Å². The van der Waals surface area contributed by atoms with Crippen molar-refractivity contribution in [3.05, 3.63) is 58.6 Å². The quantitative estimate of drug-likeness (QED) is 0.596. The Morgan fingerprint density at radius 3 is 2.39 bits per heavy atom. The van der Waals surface area contributed by atoms with Gasteiger partial charge in [0.2, 0.25) is 10.0 Å². The molecule has 1 aliphatic heterocycles. The minimum atomic E-state index is -3.60. The highest BCUT2D eigenvalue weighted by molar-refractivity contribution is 7.89. The van der Waals surface area contributed by atoms with Gasteiger partial charge in [-0.2, -0.15) is 9.30 Å². The molecule has 164 valence electrons. The van der Waals surface area contributed by atoms with Crippen LogP contribution in [-0.2, 0) is 17.1 Å². The molecule has 1 amide bonds. The van der Waals surface area contributed by atoms with E-state index >= 15 is 0 Å². The fraction of sp³-hybridized carbons (Fsp3) is 0.364. The average Bonchev–Trinajstić information content (AvgIpc) is 3.01. The van der Waals surface area contributed by atoms with E-state index in [-0.39, 0.29) is 10.7 Å². The maximum absolute atomic E-state index is 13.5. The van der Waals surface area contributed by atoms with Crippen molar-refractivity contribution in [1.82, 2.24) is 8.87 Å². The lowest BCUT2D eigenvalue weighted by Crippen LogP contribution is -2.42. The number of amides is 1. The van der Waals surface area contributed by atoms with Gasteiger partial charge in [0.15, 0.2) is 4.80 Å². The van der Waals surface area contributed by atoms with E-state index in [1.807, 2.05) is 0 Å². The molecule has 2 heterocycles. The zero-order valence-corrected chi connectivity index (χ0v) is 19.2. The normalized spacial score (nSPS) is 21.0. The lowest BCUT2D eigenvalue weighted by molar-refractivity contribution is 0.0998. The van der Waals surface area contributed by atoms with E-state index in [1.54, 1.807) is 17.7 Å². The number of halogens is 1. The SMILES string of the molecule is C[C@H]1C[C@H](C)CN(S(=O)(=O)c2ccc(C(=O)N=c3sc4cc(F)ccc4n3C)cc2)C1. The maximum Gasteiger partial charge on any atom is 0.279 e. The van der Waals surface area contributed by atoms with E-state index in [9.17, 15) is 17.6 Å². The Hall–Kier alpha value is -2.36. The van der Waals surface area contributed by atoms with Gasteiger partial charge in [0.1, 0.15) is 5.82 Å². The zero-order valence-electron chi connectivity index (χ0n) is 17.6. The predicted octanol–water partition coefficient (Wildman–Crippen LogP) is 3.79. The van der Waals surface area contributed by atoms with Gasteiger partial charge in [-0.25, -0.2) is 12.8 Å². The number of piperidine rings is 1. The van der Waals surface area contributed by atoms with E-state index in [2.05, 4.69) is 18.8 Å². The van der Waals surface area contributed by atoms with E-state index in [0.29, 0.717) is 40.0 Å². The monoisotopic (exact) mass is 461 g/mol.